The molecule has 0 aliphatic rings. The molecule has 0 saturated carbocycles. The zero-order valence-electron chi connectivity index (χ0n) is 12.1. The van der Waals surface area contributed by atoms with Crippen molar-refractivity contribution in [1.82, 2.24) is 4.98 Å². The predicted octanol–water partition coefficient (Wildman–Crippen LogP) is 4.26. The van der Waals surface area contributed by atoms with Gasteiger partial charge in [0.15, 0.2) is 0 Å². The molecule has 0 amide bonds. The van der Waals surface area contributed by atoms with Crippen LogP contribution in [0.1, 0.15) is 5.56 Å². The van der Waals surface area contributed by atoms with Gasteiger partial charge in [0.05, 0.1) is 19.0 Å². The lowest BCUT2D eigenvalue weighted by Gasteiger charge is -2.02. The van der Waals surface area contributed by atoms with Crippen molar-refractivity contribution in [2.24, 2.45) is 5.10 Å². The first kappa shape index (κ1) is 14.3. The van der Waals surface area contributed by atoms with Gasteiger partial charge in [-0.1, -0.05) is 42.5 Å². The quantitative estimate of drug-likeness (QED) is 0.565. The van der Waals surface area contributed by atoms with Crippen LogP contribution in [0, 0.1) is 0 Å². The lowest BCUT2D eigenvalue weighted by molar-refractivity contribution is 0.414. The highest BCUT2D eigenvalue weighted by atomic mass is 32.1. The third kappa shape index (κ3) is 3.32. The number of anilines is 1. The Balaban J connectivity index is 1.70. The first-order chi connectivity index (χ1) is 10.9. The van der Waals surface area contributed by atoms with E-state index in [1.807, 2.05) is 60.0 Å². The maximum Gasteiger partial charge on any atom is 0.203 e. The van der Waals surface area contributed by atoms with Gasteiger partial charge in [-0.3, -0.25) is 5.43 Å². The van der Waals surface area contributed by atoms with Crippen LogP contribution in [0.15, 0.2) is 65.1 Å². The van der Waals surface area contributed by atoms with Crippen LogP contribution in [0.4, 0.5) is 5.13 Å². The maximum absolute atomic E-state index is 5.28. The summed E-state index contributed by atoms with van der Waals surface area (Å²) in [4.78, 5) is 4.52. The number of para-hydroxylation sites is 1. The summed E-state index contributed by atoms with van der Waals surface area (Å²) in [6.45, 7) is 0. The van der Waals surface area contributed by atoms with Crippen LogP contribution >= 0.6 is 11.3 Å². The highest BCUT2D eigenvalue weighted by Crippen LogP contribution is 2.24. The van der Waals surface area contributed by atoms with E-state index < -0.39 is 0 Å². The number of nitrogens with one attached hydrogen (secondary N) is 1. The minimum absolute atomic E-state index is 0.755. The van der Waals surface area contributed by atoms with E-state index in [-0.39, 0.29) is 0 Å². The lowest BCUT2D eigenvalue weighted by Crippen LogP contribution is -1.93. The summed E-state index contributed by atoms with van der Waals surface area (Å²) in [5.74, 6) is 0.789. The van der Waals surface area contributed by atoms with E-state index in [9.17, 15) is 0 Å². The molecular weight excluding hydrogens is 294 g/mol. The van der Waals surface area contributed by atoms with Gasteiger partial charge in [-0.15, -0.1) is 11.3 Å². The number of hydrazone groups is 1. The van der Waals surface area contributed by atoms with E-state index in [0.29, 0.717) is 0 Å². The van der Waals surface area contributed by atoms with Crippen LogP contribution in [-0.4, -0.2) is 18.3 Å². The van der Waals surface area contributed by atoms with Gasteiger partial charge in [-0.05, 0) is 12.1 Å². The van der Waals surface area contributed by atoms with E-state index in [0.717, 1.165) is 27.7 Å². The van der Waals surface area contributed by atoms with Crippen molar-refractivity contribution in [1.29, 1.82) is 0 Å². The van der Waals surface area contributed by atoms with Gasteiger partial charge in [0.1, 0.15) is 5.75 Å². The maximum atomic E-state index is 5.28. The normalized spacial score (nSPS) is 10.8. The summed E-state index contributed by atoms with van der Waals surface area (Å²) >= 11 is 1.52. The lowest BCUT2D eigenvalue weighted by atomic mass is 10.2. The summed E-state index contributed by atoms with van der Waals surface area (Å²) in [6.07, 6.45) is 1.72. The van der Waals surface area contributed by atoms with Gasteiger partial charge in [-0.2, -0.15) is 5.10 Å². The minimum atomic E-state index is 0.755. The molecule has 110 valence electrons. The van der Waals surface area contributed by atoms with Crippen molar-refractivity contribution in [2.75, 3.05) is 12.5 Å². The third-order valence-corrected chi connectivity index (χ3v) is 3.82. The second-order valence-corrected chi connectivity index (χ2v) is 5.37. The summed E-state index contributed by atoms with van der Waals surface area (Å²) in [6, 6.07) is 17.8. The topological polar surface area (TPSA) is 46.5 Å². The molecule has 0 unspecified atom stereocenters. The number of thiazole rings is 1. The zero-order chi connectivity index (χ0) is 15.2. The molecule has 1 heterocycles. The van der Waals surface area contributed by atoms with E-state index >= 15 is 0 Å². The summed E-state index contributed by atoms with van der Waals surface area (Å²) in [5, 5.41) is 6.99. The van der Waals surface area contributed by atoms with E-state index in [4.69, 9.17) is 4.74 Å². The number of ether oxygens (including phenoxy) is 1. The molecule has 3 rings (SSSR count). The third-order valence-electron chi connectivity index (χ3n) is 3.08. The molecule has 0 fully saturated rings. The minimum Gasteiger partial charge on any atom is -0.496 e. The Morgan fingerprint density at radius 1 is 1.09 bits per heavy atom. The number of aromatic nitrogens is 1. The molecule has 0 atom stereocenters. The SMILES string of the molecule is COc1ccccc1/C=N/Nc1nc(-c2ccccc2)cs1. The van der Waals surface area contributed by atoms with Crippen molar-refractivity contribution in [3.63, 3.8) is 0 Å². The first-order valence-corrected chi connectivity index (χ1v) is 7.68. The molecule has 0 spiro atoms. The second kappa shape index (κ2) is 6.87. The predicted molar refractivity (Wildman–Crippen MR) is 91.8 cm³/mol. The van der Waals surface area contributed by atoms with Crippen LogP contribution in [0.25, 0.3) is 11.3 Å². The fraction of sp³-hybridized carbons (Fsp3) is 0.0588. The second-order valence-electron chi connectivity index (χ2n) is 4.52. The van der Waals surface area contributed by atoms with Gasteiger partial charge in [0, 0.05) is 16.5 Å². The van der Waals surface area contributed by atoms with Crippen molar-refractivity contribution in [3.8, 4) is 17.0 Å². The molecular formula is C17H15N3OS. The molecule has 1 N–H and O–H groups in total. The van der Waals surface area contributed by atoms with Crippen LogP contribution in [0.2, 0.25) is 0 Å². The van der Waals surface area contributed by atoms with Gasteiger partial charge in [-0.25, -0.2) is 4.98 Å². The van der Waals surface area contributed by atoms with Crippen molar-refractivity contribution >= 4 is 22.7 Å². The smallest absolute Gasteiger partial charge is 0.203 e. The zero-order valence-corrected chi connectivity index (χ0v) is 12.9. The van der Waals surface area contributed by atoms with Gasteiger partial charge >= 0.3 is 0 Å². The molecule has 1 aromatic heterocycles. The molecule has 22 heavy (non-hydrogen) atoms. The summed E-state index contributed by atoms with van der Waals surface area (Å²) < 4.78 is 5.28. The number of hydrogen-bond donors (Lipinski definition) is 1. The Morgan fingerprint density at radius 3 is 2.68 bits per heavy atom. The van der Waals surface area contributed by atoms with E-state index in [2.05, 4.69) is 15.5 Å². The van der Waals surface area contributed by atoms with Crippen LogP contribution in [-0.2, 0) is 0 Å². The number of nitrogens with zero attached hydrogens (tertiary/aromatic N) is 2. The summed E-state index contributed by atoms with van der Waals surface area (Å²) in [7, 11) is 1.65. The molecule has 5 heteroatoms. The van der Waals surface area contributed by atoms with Crippen LogP contribution < -0.4 is 10.2 Å². The highest BCUT2D eigenvalue weighted by molar-refractivity contribution is 7.14. The average molecular weight is 309 g/mol. The van der Waals surface area contributed by atoms with Crippen molar-refractivity contribution in [3.05, 3.63) is 65.5 Å². The summed E-state index contributed by atoms with van der Waals surface area (Å²) in [5.41, 5.74) is 5.91. The molecule has 2 aromatic carbocycles. The van der Waals surface area contributed by atoms with Gasteiger partial charge < -0.3 is 4.74 Å². The Morgan fingerprint density at radius 2 is 1.86 bits per heavy atom. The molecule has 0 aliphatic carbocycles. The molecule has 4 nitrogen and oxygen atoms in total. The fourth-order valence-corrected chi connectivity index (χ4v) is 2.67. The Labute approximate surface area is 133 Å². The molecule has 0 saturated heterocycles. The number of hydrogen-bond acceptors (Lipinski definition) is 5. The van der Waals surface area contributed by atoms with Crippen molar-refractivity contribution < 1.29 is 4.74 Å². The molecule has 0 radical (unpaired) electrons. The van der Waals surface area contributed by atoms with E-state index in [1.54, 1.807) is 13.3 Å². The van der Waals surface area contributed by atoms with Crippen molar-refractivity contribution in [2.45, 2.75) is 0 Å². The van der Waals surface area contributed by atoms with E-state index in [1.165, 1.54) is 11.3 Å². The average Bonchev–Trinajstić information content (AvgIpc) is 3.05. The highest BCUT2D eigenvalue weighted by Gasteiger charge is 2.03. The number of benzene rings is 2. The van der Waals surface area contributed by atoms with Gasteiger partial charge in [0.25, 0.3) is 0 Å². The Hall–Kier alpha value is -2.66. The van der Waals surface area contributed by atoms with Gasteiger partial charge in [0.2, 0.25) is 5.13 Å². The van der Waals surface area contributed by atoms with Crippen LogP contribution in [0.3, 0.4) is 0 Å². The fourth-order valence-electron chi connectivity index (χ4n) is 2.00. The molecule has 0 bridgehead atoms. The van der Waals surface area contributed by atoms with Crippen LogP contribution in [0.5, 0.6) is 5.75 Å². The number of methoxy groups -OCH3 is 1. The monoisotopic (exact) mass is 309 g/mol. The molecule has 0 aliphatic heterocycles. The standard InChI is InChI=1S/C17H15N3OS/c1-21-16-10-6-5-9-14(16)11-18-20-17-19-15(12-22-17)13-7-3-2-4-8-13/h2-12H,1H3,(H,19,20)/b18-11+. The first-order valence-electron chi connectivity index (χ1n) is 6.80. The Kier molecular flexibility index (Phi) is 4.46. The molecule has 3 aromatic rings. The largest absolute Gasteiger partial charge is 0.496 e. The Bertz CT molecular complexity index is 768. The number of rotatable bonds is 5.